The Hall–Kier alpha value is -2.44. The lowest BCUT2D eigenvalue weighted by Gasteiger charge is -2.52. The van der Waals surface area contributed by atoms with Gasteiger partial charge in [-0.05, 0) is 32.0 Å². The number of benzene rings is 1. The SMILES string of the molecule is CC=C1CN(C)[C@H]2Cc3c([nH]c4ccccc34)C(=O)C[C@H]1[C@@]2(CO)C(=O)OC. The molecule has 2 N–H and O–H groups in total. The van der Waals surface area contributed by atoms with E-state index in [-0.39, 0.29) is 30.8 Å². The number of carbonyl (C=O) groups excluding carboxylic acids is 2. The molecule has 0 unspecified atom stereocenters. The van der Waals surface area contributed by atoms with Crippen molar-refractivity contribution in [3.63, 3.8) is 0 Å². The van der Waals surface area contributed by atoms with Gasteiger partial charge in [0.1, 0.15) is 5.41 Å². The zero-order valence-corrected chi connectivity index (χ0v) is 16.5. The third-order valence-corrected chi connectivity index (χ3v) is 6.71. The first-order valence-corrected chi connectivity index (χ1v) is 9.65. The fourth-order valence-corrected chi connectivity index (χ4v) is 5.29. The standard InChI is InChI=1S/C22H26N2O4/c1-4-13-11-24(2)19-9-15-14-7-5-6-8-17(14)23-20(15)18(26)10-16(13)22(19,12-25)21(27)28-3/h4-8,16,19,23,25H,9-12H2,1-3H3/t16-,19+,22-/m1/s1. The van der Waals surface area contributed by atoms with Crippen molar-refractivity contribution < 1.29 is 19.4 Å². The third-order valence-electron chi connectivity index (χ3n) is 6.71. The minimum atomic E-state index is -1.17. The van der Waals surface area contributed by atoms with Crippen LogP contribution in [0.3, 0.4) is 0 Å². The second-order valence-corrected chi connectivity index (χ2v) is 7.89. The van der Waals surface area contributed by atoms with Gasteiger partial charge in [0.25, 0.3) is 0 Å². The fourth-order valence-electron chi connectivity index (χ4n) is 5.29. The lowest BCUT2D eigenvalue weighted by atomic mass is 9.60. The van der Waals surface area contributed by atoms with Gasteiger partial charge in [-0.2, -0.15) is 0 Å². The van der Waals surface area contributed by atoms with E-state index in [1.54, 1.807) is 0 Å². The number of H-pyrrole nitrogens is 1. The molecule has 1 aromatic carbocycles. The third kappa shape index (κ3) is 2.48. The minimum absolute atomic E-state index is 0.0275. The van der Waals surface area contributed by atoms with Crippen molar-refractivity contribution in [2.24, 2.45) is 11.3 Å². The number of aromatic nitrogens is 1. The van der Waals surface area contributed by atoms with Crippen LogP contribution in [0.5, 0.6) is 0 Å². The molecule has 0 amide bonds. The number of rotatable bonds is 2. The molecule has 0 spiro atoms. The number of ether oxygens (including phenoxy) is 1. The van der Waals surface area contributed by atoms with Crippen LogP contribution in [0.15, 0.2) is 35.9 Å². The summed E-state index contributed by atoms with van der Waals surface area (Å²) in [4.78, 5) is 31.8. The molecule has 28 heavy (non-hydrogen) atoms. The van der Waals surface area contributed by atoms with E-state index in [2.05, 4.69) is 9.88 Å². The number of piperidine rings is 1. The fraction of sp³-hybridized carbons (Fsp3) is 0.455. The van der Waals surface area contributed by atoms with E-state index < -0.39 is 11.4 Å². The van der Waals surface area contributed by atoms with Crippen molar-refractivity contribution >= 4 is 22.7 Å². The monoisotopic (exact) mass is 382 g/mol. The summed E-state index contributed by atoms with van der Waals surface area (Å²) < 4.78 is 5.18. The number of aliphatic hydroxyl groups excluding tert-OH is 1. The quantitative estimate of drug-likeness (QED) is 0.615. The average Bonchev–Trinajstić information content (AvgIpc) is 3.07. The van der Waals surface area contributed by atoms with Gasteiger partial charge >= 0.3 is 5.97 Å². The highest BCUT2D eigenvalue weighted by atomic mass is 16.5. The molecule has 6 nitrogen and oxygen atoms in total. The summed E-state index contributed by atoms with van der Waals surface area (Å²) >= 11 is 0. The number of fused-ring (bicyclic) bond motifs is 5. The highest BCUT2D eigenvalue weighted by Gasteiger charge is 2.58. The molecule has 0 radical (unpaired) electrons. The number of methoxy groups -OCH3 is 1. The summed E-state index contributed by atoms with van der Waals surface area (Å²) in [6, 6.07) is 7.57. The summed E-state index contributed by atoms with van der Waals surface area (Å²) in [5.41, 5.74) is 2.28. The molecule has 2 heterocycles. The number of likely N-dealkylation sites (tertiary alicyclic amines) is 1. The molecule has 6 heteroatoms. The number of hydrogen-bond donors (Lipinski definition) is 2. The Morgan fingerprint density at radius 3 is 2.82 bits per heavy atom. The van der Waals surface area contributed by atoms with Crippen LogP contribution in [0.2, 0.25) is 0 Å². The van der Waals surface area contributed by atoms with Gasteiger partial charge in [0, 0.05) is 35.8 Å². The number of Topliss-reactive ketones (excluding diaryl/α,β-unsaturated/α-hetero) is 1. The first-order chi connectivity index (χ1) is 13.5. The van der Waals surface area contributed by atoms with E-state index in [0.29, 0.717) is 18.7 Å². The zero-order chi connectivity index (χ0) is 20.1. The maximum Gasteiger partial charge on any atom is 0.316 e. The molecule has 4 rings (SSSR count). The van der Waals surface area contributed by atoms with E-state index in [9.17, 15) is 14.7 Å². The number of aliphatic hydroxyl groups is 1. The van der Waals surface area contributed by atoms with E-state index in [4.69, 9.17) is 4.74 Å². The van der Waals surface area contributed by atoms with Crippen molar-refractivity contribution in [3.05, 3.63) is 47.2 Å². The lowest BCUT2D eigenvalue weighted by Crippen LogP contribution is -2.63. The molecule has 2 aromatic rings. The minimum Gasteiger partial charge on any atom is -0.468 e. The smallest absolute Gasteiger partial charge is 0.316 e. The number of allylic oxidation sites excluding steroid dienone is 1. The summed E-state index contributed by atoms with van der Waals surface area (Å²) in [7, 11) is 3.32. The van der Waals surface area contributed by atoms with Crippen molar-refractivity contribution in [2.75, 3.05) is 27.3 Å². The van der Waals surface area contributed by atoms with Gasteiger partial charge in [-0.25, -0.2) is 0 Å². The molecule has 1 aliphatic heterocycles. The number of hydrogen-bond acceptors (Lipinski definition) is 5. The Balaban J connectivity index is 1.99. The predicted octanol–water partition coefficient (Wildman–Crippen LogP) is 2.33. The van der Waals surface area contributed by atoms with Crippen molar-refractivity contribution in [1.82, 2.24) is 9.88 Å². The summed E-state index contributed by atoms with van der Waals surface area (Å²) in [5.74, 6) is -0.865. The topological polar surface area (TPSA) is 82.6 Å². The molecule has 148 valence electrons. The van der Waals surface area contributed by atoms with Gasteiger partial charge in [-0.15, -0.1) is 0 Å². The number of esters is 1. The number of likely N-dealkylation sites (N-methyl/N-ethyl adjacent to an activating group) is 1. The van der Waals surface area contributed by atoms with E-state index in [1.807, 2.05) is 44.3 Å². The molecule has 2 bridgehead atoms. The summed E-state index contributed by atoms with van der Waals surface area (Å²) in [5, 5.41) is 11.5. The molecule has 2 aliphatic rings. The maximum absolute atomic E-state index is 13.3. The molecule has 1 aromatic heterocycles. The van der Waals surface area contributed by atoms with Gasteiger partial charge < -0.3 is 14.8 Å². The number of para-hydroxylation sites is 1. The molecular formula is C22H26N2O4. The normalized spacial score (nSPS) is 29.4. The summed E-state index contributed by atoms with van der Waals surface area (Å²) in [6.07, 6.45) is 2.62. The van der Waals surface area contributed by atoms with Crippen molar-refractivity contribution in [1.29, 1.82) is 0 Å². The Bertz CT molecular complexity index is 976. The Morgan fingerprint density at radius 2 is 2.14 bits per heavy atom. The molecule has 0 saturated carbocycles. The van der Waals surface area contributed by atoms with E-state index in [0.717, 1.165) is 22.0 Å². The Labute approximate surface area is 164 Å². The molecule has 1 fully saturated rings. The van der Waals surface area contributed by atoms with Crippen LogP contribution < -0.4 is 0 Å². The maximum atomic E-state index is 13.3. The van der Waals surface area contributed by atoms with Crippen LogP contribution in [0, 0.1) is 11.3 Å². The van der Waals surface area contributed by atoms with E-state index >= 15 is 0 Å². The van der Waals surface area contributed by atoms with E-state index in [1.165, 1.54) is 7.11 Å². The predicted molar refractivity (Wildman–Crippen MR) is 106 cm³/mol. The molecular weight excluding hydrogens is 356 g/mol. The van der Waals surface area contributed by atoms with Crippen LogP contribution in [0.25, 0.3) is 10.9 Å². The number of nitrogens with one attached hydrogen (secondary N) is 1. The van der Waals surface area contributed by atoms with Crippen molar-refractivity contribution in [3.8, 4) is 0 Å². The van der Waals surface area contributed by atoms with Gasteiger partial charge in [-0.3, -0.25) is 14.5 Å². The second-order valence-electron chi connectivity index (χ2n) is 7.89. The Kier molecular flexibility index (Phi) is 4.63. The van der Waals surface area contributed by atoms with Crippen LogP contribution >= 0.6 is 0 Å². The van der Waals surface area contributed by atoms with Crippen molar-refractivity contribution in [2.45, 2.75) is 25.8 Å². The number of nitrogens with zero attached hydrogens (tertiary/aromatic N) is 1. The highest BCUT2D eigenvalue weighted by molar-refractivity contribution is 6.03. The number of ketones is 1. The first kappa shape index (κ1) is 18.9. The second kappa shape index (κ2) is 6.87. The van der Waals surface area contributed by atoms with Gasteiger partial charge in [0.2, 0.25) is 0 Å². The van der Waals surface area contributed by atoms with Crippen LogP contribution in [0.4, 0.5) is 0 Å². The van der Waals surface area contributed by atoms with Crippen LogP contribution in [-0.4, -0.2) is 60.1 Å². The van der Waals surface area contributed by atoms with Crippen LogP contribution in [0.1, 0.15) is 29.4 Å². The first-order valence-electron chi connectivity index (χ1n) is 9.65. The lowest BCUT2D eigenvalue weighted by molar-refractivity contribution is -0.168. The van der Waals surface area contributed by atoms with Crippen LogP contribution in [-0.2, 0) is 16.0 Å². The molecule has 1 aliphatic carbocycles. The number of aromatic amines is 1. The largest absolute Gasteiger partial charge is 0.468 e. The van der Waals surface area contributed by atoms with Gasteiger partial charge in [0.15, 0.2) is 5.78 Å². The zero-order valence-electron chi connectivity index (χ0n) is 16.5. The number of carbonyl (C=O) groups is 2. The average molecular weight is 382 g/mol. The summed E-state index contributed by atoms with van der Waals surface area (Å²) in [6.45, 7) is 2.22. The molecule has 1 saturated heterocycles. The molecule has 3 atom stereocenters. The Morgan fingerprint density at radius 1 is 1.39 bits per heavy atom. The highest BCUT2D eigenvalue weighted by Crippen LogP contribution is 2.49. The van der Waals surface area contributed by atoms with Gasteiger partial charge in [-0.1, -0.05) is 29.8 Å². The van der Waals surface area contributed by atoms with Gasteiger partial charge in [0.05, 0.1) is 19.4 Å².